The molecule has 1 N–H and O–H groups in total. The van der Waals surface area contributed by atoms with Gasteiger partial charge in [0.2, 0.25) is 5.91 Å². The maximum Gasteiger partial charge on any atom is 0.235 e. The van der Waals surface area contributed by atoms with Crippen LogP contribution in [-0.2, 0) is 4.79 Å². The molecule has 1 aliphatic carbocycles. The molecule has 0 spiro atoms. The fraction of sp³-hybridized carbons (Fsp3) is 0.591. The normalized spacial score (nSPS) is 21.1. The lowest BCUT2D eigenvalue weighted by Gasteiger charge is -2.32. The first-order chi connectivity index (χ1) is 13.7. The first-order valence-electron chi connectivity index (χ1n) is 10.5. The van der Waals surface area contributed by atoms with Crippen LogP contribution in [0.15, 0.2) is 24.3 Å². The van der Waals surface area contributed by atoms with Gasteiger partial charge in [0.15, 0.2) is 0 Å². The van der Waals surface area contributed by atoms with Gasteiger partial charge in [-0.3, -0.25) is 9.69 Å². The van der Waals surface area contributed by atoms with Gasteiger partial charge in [-0.1, -0.05) is 37.8 Å². The van der Waals surface area contributed by atoms with Crippen LogP contribution in [-0.4, -0.2) is 41.0 Å². The van der Waals surface area contributed by atoms with Crippen molar-refractivity contribution in [2.24, 2.45) is 0 Å². The Labute approximate surface area is 170 Å². The summed E-state index contributed by atoms with van der Waals surface area (Å²) in [5.41, 5.74) is 0.446. The number of rotatable bonds is 4. The van der Waals surface area contributed by atoms with Crippen molar-refractivity contribution in [2.75, 3.05) is 19.6 Å². The molecule has 6 heteroatoms. The molecule has 2 aromatic rings. The third kappa shape index (κ3) is 4.37. The minimum absolute atomic E-state index is 0.00175. The number of thiazole rings is 1. The van der Waals surface area contributed by atoms with Gasteiger partial charge in [-0.25, -0.2) is 4.98 Å². The van der Waals surface area contributed by atoms with E-state index in [1.54, 1.807) is 11.3 Å². The standard InChI is InChI=1S/C22H28N4OS/c23-16-22(11-5-1-2-6-12-22)25-20(27)15-26-13-9-17(10-14-26)21-24-18-7-3-4-8-19(18)28-21/h3-4,7-8,17H,1-2,5-6,9-15H2,(H,25,27). The van der Waals surface area contributed by atoms with Gasteiger partial charge in [-0.05, 0) is 50.9 Å². The van der Waals surface area contributed by atoms with E-state index >= 15 is 0 Å². The zero-order valence-electron chi connectivity index (χ0n) is 16.3. The molecule has 1 aliphatic heterocycles. The molecule has 1 aromatic carbocycles. The van der Waals surface area contributed by atoms with Crippen molar-refractivity contribution in [1.29, 1.82) is 5.26 Å². The van der Waals surface area contributed by atoms with Crippen molar-refractivity contribution in [3.05, 3.63) is 29.3 Å². The number of carbonyl (C=O) groups is 1. The highest BCUT2D eigenvalue weighted by atomic mass is 32.1. The Hall–Kier alpha value is -1.97. The monoisotopic (exact) mass is 396 g/mol. The summed E-state index contributed by atoms with van der Waals surface area (Å²) in [5.74, 6) is 0.492. The minimum atomic E-state index is -0.646. The molecular weight excluding hydrogens is 368 g/mol. The van der Waals surface area contributed by atoms with Gasteiger partial charge in [0.25, 0.3) is 0 Å². The number of piperidine rings is 1. The number of aromatic nitrogens is 1. The number of hydrogen-bond donors (Lipinski definition) is 1. The molecule has 0 radical (unpaired) electrons. The predicted octanol–water partition coefficient (Wildman–Crippen LogP) is 4.21. The summed E-state index contributed by atoms with van der Waals surface area (Å²) in [6, 6.07) is 10.7. The van der Waals surface area contributed by atoms with Crippen molar-refractivity contribution in [2.45, 2.75) is 62.8 Å². The minimum Gasteiger partial charge on any atom is -0.337 e. The van der Waals surface area contributed by atoms with Gasteiger partial charge in [0.1, 0.15) is 5.54 Å². The highest BCUT2D eigenvalue weighted by Crippen LogP contribution is 2.33. The SMILES string of the molecule is N#CC1(NC(=O)CN2CCC(c3nc4ccccc4s3)CC2)CCCCCC1. The maximum atomic E-state index is 12.6. The molecule has 0 unspecified atom stereocenters. The summed E-state index contributed by atoms with van der Waals surface area (Å²) in [4.78, 5) is 19.6. The topological polar surface area (TPSA) is 69.0 Å². The zero-order valence-corrected chi connectivity index (χ0v) is 17.1. The number of hydrogen-bond acceptors (Lipinski definition) is 5. The largest absolute Gasteiger partial charge is 0.337 e. The number of para-hydroxylation sites is 1. The van der Waals surface area contributed by atoms with E-state index in [0.717, 1.165) is 57.1 Å². The van der Waals surface area contributed by atoms with E-state index in [9.17, 15) is 10.1 Å². The van der Waals surface area contributed by atoms with Crippen LogP contribution in [0, 0.1) is 11.3 Å². The van der Waals surface area contributed by atoms with Crippen molar-refractivity contribution < 1.29 is 4.79 Å². The zero-order chi connectivity index (χ0) is 19.4. The van der Waals surface area contributed by atoms with Gasteiger partial charge in [0, 0.05) is 5.92 Å². The van der Waals surface area contributed by atoms with E-state index in [2.05, 4.69) is 34.5 Å². The Balaban J connectivity index is 1.30. The van der Waals surface area contributed by atoms with Crippen LogP contribution >= 0.6 is 11.3 Å². The molecule has 1 saturated carbocycles. The second-order valence-electron chi connectivity index (χ2n) is 8.23. The molecule has 2 heterocycles. The number of carbonyl (C=O) groups excluding carboxylic acids is 1. The summed E-state index contributed by atoms with van der Waals surface area (Å²) in [6.45, 7) is 2.22. The molecule has 2 aliphatic rings. The van der Waals surface area contributed by atoms with Crippen LogP contribution in [0.3, 0.4) is 0 Å². The molecular formula is C22H28N4OS. The molecule has 0 bridgehead atoms. The fourth-order valence-corrected chi connectivity index (χ4v) is 5.65. The van der Waals surface area contributed by atoms with Crippen molar-refractivity contribution in [3.8, 4) is 6.07 Å². The number of nitrogens with zero attached hydrogens (tertiary/aromatic N) is 3. The maximum absolute atomic E-state index is 12.6. The van der Waals surface area contributed by atoms with Crippen molar-refractivity contribution >= 4 is 27.5 Å². The third-order valence-corrected chi connectivity index (χ3v) is 7.36. The highest BCUT2D eigenvalue weighted by molar-refractivity contribution is 7.18. The molecule has 2 fully saturated rings. The summed E-state index contributed by atoms with van der Waals surface area (Å²) >= 11 is 1.80. The first-order valence-corrected chi connectivity index (χ1v) is 11.3. The number of amides is 1. The molecule has 148 valence electrons. The fourth-order valence-electron chi connectivity index (χ4n) is 4.51. The number of nitrogens with one attached hydrogen (secondary N) is 1. The predicted molar refractivity (Wildman–Crippen MR) is 112 cm³/mol. The lowest BCUT2D eigenvalue weighted by atomic mass is 9.91. The quantitative estimate of drug-likeness (QED) is 0.786. The van der Waals surface area contributed by atoms with E-state index in [1.807, 2.05) is 6.07 Å². The van der Waals surface area contributed by atoms with Gasteiger partial charge in [0.05, 0.1) is 27.8 Å². The average Bonchev–Trinajstić information content (AvgIpc) is 3.01. The molecule has 1 saturated heterocycles. The van der Waals surface area contributed by atoms with E-state index < -0.39 is 5.54 Å². The second kappa shape index (κ2) is 8.59. The Bertz CT molecular complexity index is 822. The number of nitriles is 1. The smallest absolute Gasteiger partial charge is 0.235 e. The lowest BCUT2D eigenvalue weighted by molar-refractivity contribution is -0.124. The van der Waals surface area contributed by atoms with Crippen LogP contribution in [0.2, 0.25) is 0 Å². The van der Waals surface area contributed by atoms with E-state index in [4.69, 9.17) is 4.98 Å². The number of benzene rings is 1. The van der Waals surface area contributed by atoms with Crippen molar-refractivity contribution in [1.82, 2.24) is 15.2 Å². The van der Waals surface area contributed by atoms with Gasteiger partial charge in [-0.15, -0.1) is 11.3 Å². The second-order valence-corrected chi connectivity index (χ2v) is 9.29. The van der Waals surface area contributed by atoms with Gasteiger partial charge >= 0.3 is 0 Å². The third-order valence-electron chi connectivity index (χ3n) is 6.16. The molecule has 5 nitrogen and oxygen atoms in total. The van der Waals surface area contributed by atoms with Crippen LogP contribution in [0.1, 0.15) is 62.3 Å². The van der Waals surface area contributed by atoms with Crippen LogP contribution in [0.4, 0.5) is 0 Å². The number of fused-ring (bicyclic) bond motifs is 1. The van der Waals surface area contributed by atoms with Gasteiger partial charge in [-0.2, -0.15) is 5.26 Å². The Morgan fingerprint density at radius 2 is 1.93 bits per heavy atom. The van der Waals surface area contributed by atoms with Gasteiger partial charge < -0.3 is 5.32 Å². The average molecular weight is 397 g/mol. The molecule has 1 amide bonds. The summed E-state index contributed by atoms with van der Waals surface area (Å²) in [5, 5.41) is 14.0. The highest BCUT2D eigenvalue weighted by Gasteiger charge is 2.33. The van der Waals surface area contributed by atoms with Crippen LogP contribution in [0.25, 0.3) is 10.2 Å². The first kappa shape index (κ1) is 19.4. The molecule has 0 atom stereocenters. The summed E-state index contributed by atoms with van der Waals surface area (Å²) < 4.78 is 1.25. The summed E-state index contributed by atoms with van der Waals surface area (Å²) in [6.07, 6.45) is 8.04. The van der Waals surface area contributed by atoms with E-state index in [-0.39, 0.29) is 5.91 Å². The Morgan fingerprint density at radius 3 is 2.61 bits per heavy atom. The Morgan fingerprint density at radius 1 is 1.21 bits per heavy atom. The molecule has 4 rings (SSSR count). The molecule has 1 aromatic heterocycles. The lowest BCUT2D eigenvalue weighted by Crippen LogP contribution is -2.51. The molecule has 28 heavy (non-hydrogen) atoms. The Kier molecular flexibility index (Phi) is 5.93. The number of likely N-dealkylation sites (tertiary alicyclic amines) is 1. The van der Waals surface area contributed by atoms with Crippen LogP contribution in [0.5, 0.6) is 0 Å². The van der Waals surface area contributed by atoms with Crippen molar-refractivity contribution in [3.63, 3.8) is 0 Å². The summed E-state index contributed by atoms with van der Waals surface area (Å²) in [7, 11) is 0. The van der Waals surface area contributed by atoms with Crippen LogP contribution < -0.4 is 5.32 Å². The van der Waals surface area contributed by atoms with E-state index in [1.165, 1.54) is 22.5 Å². The van der Waals surface area contributed by atoms with E-state index in [0.29, 0.717) is 12.5 Å².